The Bertz CT molecular complexity index is 927. The van der Waals surface area contributed by atoms with Crippen molar-refractivity contribution in [1.29, 1.82) is 0 Å². The predicted octanol–water partition coefficient (Wildman–Crippen LogP) is 4.89. The molecular formula is C19H13Cl2NO3S2. The zero-order chi connectivity index (χ0) is 19.6. The molecule has 1 N–H and O–H groups in total. The van der Waals surface area contributed by atoms with Gasteiger partial charge in [0.1, 0.15) is 10.4 Å². The summed E-state index contributed by atoms with van der Waals surface area (Å²) in [6, 6.07) is 13.0. The third-order valence-corrected chi connectivity index (χ3v) is 5.96. The molecule has 2 aromatic rings. The molecule has 3 rings (SSSR count). The molecule has 1 aliphatic rings. The highest BCUT2D eigenvalue weighted by Crippen LogP contribution is 2.37. The van der Waals surface area contributed by atoms with Crippen LogP contribution < -0.4 is 0 Å². The van der Waals surface area contributed by atoms with Crippen LogP contribution in [0.5, 0.6) is 0 Å². The maximum atomic E-state index is 12.9. The van der Waals surface area contributed by atoms with E-state index in [1.54, 1.807) is 24.3 Å². The van der Waals surface area contributed by atoms with E-state index < -0.39 is 17.9 Å². The van der Waals surface area contributed by atoms with Crippen LogP contribution in [0.2, 0.25) is 10.0 Å². The van der Waals surface area contributed by atoms with Crippen molar-refractivity contribution in [2.24, 2.45) is 0 Å². The molecule has 1 aliphatic heterocycles. The predicted molar refractivity (Wildman–Crippen MR) is 113 cm³/mol. The largest absolute Gasteiger partial charge is 0.480 e. The average Bonchev–Trinajstić information content (AvgIpc) is 2.90. The third-order valence-electron chi connectivity index (χ3n) is 3.97. The molecule has 27 heavy (non-hydrogen) atoms. The van der Waals surface area contributed by atoms with Gasteiger partial charge in [-0.1, -0.05) is 83.6 Å². The van der Waals surface area contributed by atoms with Crippen LogP contribution in [0, 0.1) is 0 Å². The first kappa shape index (κ1) is 19.9. The van der Waals surface area contributed by atoms with Crippen LogP contribution in [0.1, 0.15) is 11.1 Å². The minimum Gasteiger partial charge on any atom is -0.480 e. The Morgan fingerprint density at radius 2 is 1.78 bits per heavy atom. The maximum Gasteiger partial charge on any atom is 0.327 e. The highest BCUT2D eigenvalue weighted by Gasteiger charge is 2.40. The molecule has 138 valence electrons. The molecule has 0 radical (unpaired) electrons. The van der Waals surface area contributed by atoms with Crippen LogP contribution in [0.25, 0.3) is 6.08 Å². The van der Waals surface area contributed by atoms with Crippen LogP contribution in [0.4, 0.5) is 0 Å². The van der Waals surface area contributed by atoms with E-state index in [0.29, 0.717) is 15.6 Å². The number of nitrogens with zero attached hydrogens (tertiary/aromatic N) is 1. The van der Waals surface area contributed by atoms with Gasteiger partial charge >= 0.3 is 5.97 Å². The average molecular weight is 438 g/mol. The van der Waals surface area contributed by atoms with Gasteiger partial charge in [0.05, 0.1) is 4.91 Å². The molecule has 1 heterocycles. The van der Waals surface area contributed by atoms with Gasteiger partial charge in [-0.05, 0) is 23.8 Å². The number of carbonyl (C=O) groups excluding carboxylic acids is 1. The number of benzene rings is 2. The van der Waals surface area contributed by atoms with Gasteiger partial charge in [-0.3, -0.25) is 9.69 Å². The molecule has 1 amide bonds. The van der Waals surface area contributed by atoms with E-state index in [4.69, 9.17) is 35.4 Å². The molecule has 1 atom stereocenters. The minimum atomic E-state index is -1.12. The fraction of sp³-hybridized carbons (Fsp3) is 0.105. The minimum absolute atomic E-state index is 0.155. The van der Waals surface area contributed by atoms with E-state index >= 15 is 0 Å². The summed E-state index contributed by atoms with van der Waals surface area (Å²) >= 11 is 18.6. The monoisotopic (exact) mass is 437 g/mol. The van der Waals surface area contributed by atoms with Gasteiger partial charge in [0.15, 0.2) is 0 Å². The number of carboxylic acids is 1. The van der Waals surface area contributed by atoms with Crippen molar-refractivity contribution in [3.8, 4) is 0 Å². The van der Waals surface area contributed by atoms with E-state index in [9.17, 15) is 14.7 Å². The standard InChI is InChI=1S/C19H13Cl2NO3S2/c20-13-7-4-8-14(21)12(13)10-16-17(23)22(19(26)27-16)15(18(24)25)9-11-5-2-1-3-6-11/h1-8,10,15H,9H2,(H,24,25)/b16-10-. The Balaban J connectivity index is 1.92. The van der Waals surface area contributed by atoms with E-state index in [1.807, 2.05) is 30.3 Å². The number of amides is 1. The van der Waals surface area contributed by atoms with E-state index in [0.717, 1.165) is 22.2 Å². The lowest BCUT2D eigenvalue weighted by Crippen LogP contribution is -2.45. The Morgan fingerprint density at radius 3 is 2.37 bits per heavy atom. The quantitative estimate of drug-likeness (QED) is 0.532. The van der Waals surface area contributed by atoms with Crippen LogP contribution in [-0.4, -0.2) is 32.2 Å². The lowest BCUT2D eigenvalue weighted by atomic mass is 10.0. The number of hydrogen-bond donors (Lipinski definition) is 1. The molecule has 1 fully saturated rings. The highest BCUT2D eigenvalue weighted by atomic mass is 35.5. The Morgan fingerprint density at radius 1 is 1.15 bits per heavy atom. The van der Waals surface area contributed by atoms with E-state index in [1.165, 1.54) is 0 Å². The van der Waals surface area contributed by atoms with Gasteiger partial charge in [0, 0.05) is 22.0 Å². The van der Waals surface area contributed by atoms with Crippen LogP contribution in [0.3, 0.4) is 0 Å². The molecule has 1 unspecified atom stereocenters. The number of carbonyl (C=O) groups is 2. The maximum absolute atomic E-state index is 12.9. The second kappa shape index (κ2) is 8.44. The lowest BCUT2D eigenvalue weighted by molar-refractivity contribution is -0.145. The number of thioether (sulfide) groups is 1. The Hall–Kier alpha value is -1.86. The Labute approximate surface area is 175 Å². The van der Waals surface area contributed by atoms with Crippen molar-refractivity contribution in [1.82, 2.24) is 4.90 Å². The molecule has 0 aromatic heterocycles. The molecule has 1 saturated heterocycles. The van der Waals surface area contributed by atoms with Gasteiger partial charge in [-0.15, -0.1) is 0 Å². The first-order valence-corrected chi connectivity index (χ1v) is 9.84. The fourth-order valence-electron chi connectivity index (χ4n) is 2.65. The molecule has 0 saturated carbocycles. The van der Waals surface area contributed by atoms with E-state index in [-0.39, 0.29) is 15.6 Å². The third kappa shape index (κ3) is 4.35. The lowest BCUT2D eigenvalue weighted by Gasteiger charge is -2.23. The van der Waals surface area contributed by atoms with Gasteiger partial charge in [0.2, 0.25) is 0 Å². The zero-order valence-electron chi connectivity index (χ0n) is 13.8. The summed E-state index contributed by atoms with van der Waals surface area (Å²) in [5.74, 6) is -1.59. The molecule has 0 spiro atoms. The molecule has 8 heteroatoms. The summed E-state index contributed by atoms with van der Waals surface area (Å²) in [5, 5.41) is 10.5. The molecule has 4 nitrogen and oxygen atoms in total. The van der Waals surface area contributed by atoms with E-state index in [2.05, 4.69) is 0 Å². The summed E-state index contributed by atoms with van der Waals surface area (Å²) in [4.78, 5) is 26.1. The van der Waals surface area contributed by atoms with Gasteiger partial charge in [-0.2, -0.15) is 0 Å². The number of hydrogen-bond acceptors (Lipinski definition) is 4. The van der Waals surface area contributed by atoms with Crippen LogP contribution in [-0.2, 0) is 16.0 Å². The summed E-state index contributed by atoms with van der Waals surface area (Å²) < 4.78 is 0.192. The highest BCUT2D eigenvalue weighted by molar-refractivity contribution is 8.26. The topological polar surface area (TPSA) is 57.6 Å². The summed E-state index contributed by atoms with van der Waals surface area (Å²) in [6.45, 7) is 0. The van der Waals surface area contributed by atoms with Crippen LogP contribution in [0.15, 0.2) is 53.4 Å². The zero-order valence-corrected chi connectivity index (χ0v) is 16.9. The van der Waals surface area contributed by atoms with Crippen molar-refractivity contribution >= 4 is 69.5 Å². The smallest absolute Gasteiger partial charge is 0.327 e. The van der Waals surface area contributed by atoms with Gasteiger partial charge < -0.3 is 5.11 Å². The number of rotatable bonds is 5. The summed E-state index contributed by atoms with van der Waals surface area (Å²) in [5.41, 5.74) is 1.30. The van der Waals surface area contributed by atoms with Crippen molar-refractivity contribution < 1.29 is 14.7 Å². The first-order valence-electron chi connectivity index (χ1n) is 7.86. The fourth-order valence-corrected chi connectivity index (χ4v) is 4.50. The van der Waals surface area contributed by atoms with Gasteiger partial charge in [0.25, 0.3) is 5.91 Å². The number of aliphatic carboxylic acids is 1. The normalized spacial score (nSPS) is 16.8. The molecule has 2 aromatic carbocycles. The number of halogens is 2. The second-order valence-corrected chi connectivity index (χ2v) is 8.22. The van der Waals surface area contributed by atoms with Crippen molar-refractivity contribution in [2.75, 3.05) is 0 Å². The van der Waals surface area contributed by atoms with Gasteiger partial charge in [-0.25, -0.2) is 4.79 Å². The molecule has 0 bridgehead atoms. The summed E-state index contributed by atoms with van der Waals surface area (Å²) in [6.07, 6.45) is 1.70. The Kier molecular flexibility index (Phi) is 6.22. The van der Waals surface area contributed by atoms with Crippen LogP contribution >= 0.6 is 47.2 Å². The number of carboxylic acid groups (broad SMARTS) is 1. The SMILES string of the molecule is O=C(O)C(Cc1ccccc1)N1C(=O)/C(=C/c2c(Cl)cccc2Cl)SC1=S. The summed E-state index contributed by atoms with van der Waals surface area (Å²) in [7, 11) is 0. The van der Waals surface area contributed by atoms with Crippen molar-refractivity contribution in [3.63, 3.8) is 0 Å². The van der Waals surface area contributed by atoms with Crippen molar-refractivity contribution in [3.05, 3.63) is 74.6 Å². The molecule has 0 aliphatic carbocycles. The number of thiocarbonyl (C=S) groups is 1. The van der Waals surface area contributed by atoms with Crippen molar-refractivity contribution in [2.45, 2.75) is 12.5 Å². The molecular weight excluding hydrogens is 425 g/mol. The first-order chi connectivity index (χ1) is 12.9. The second-order valence-electron chi connectivity index (χ2n) is 5.73.